The van der Waals surface area contributed by atoms with Crippen molar-refractivity contribution in [3.8, 4) is 17.5 Å². The minimum absolute atomic E-state index is 0.142. The maximum atomic E-state index is 13.0. The van der Waals surface area contributed by atoms with Gasteiger partial charge in [-0.3, -0.25) is 8.74 Å². The fourth-order valence-corrected chi connectivity index (χ4v) is 10.8. The number of nitrogens with zero attached hydrogens (tertiary/aromatic N) is 3. The number of ether oxygens (including phenoxy) is 5. The number of hydrogen-bond acceptors (Lipinski definition) is 15. The Hall–Kier alpha value is -6.36. The lowest BCUT2D eigenvalue weighted by Gasteiger charge is -2.44. The zero-order valence-electron chi connectivity index (χ0n) is 43.8. The summed E-state index contributed by atoms with van der Waals surface area (Å²) in [7, 11) is -5.73. The van der Waals surface area contributed by atoms with Gasteiger partial charge in [-0.2, -0.15) is 21.4 Å². The molecule has 1 aromatic heterocycles. The van der Waals surface area contributed by atoms with E-state index in [4.69, 9.17) is 32.7 Å². The molecular formula is C56H68N3O15S2+. The van der Waals surface area contributed by atoms with E-state index in [1.165, 1.54) is 24.3 Å². The van der Waals surface area contributed by atoms with Gasteiger partial charge in [0, 0.05) is 84.8 Å². The summed E-state index contributed by atoms with van der Waals surface area (Å²) >= 11 is 0. The predicted octanol–water partition coefficient (Wildman–Crippen LogP) is 8.02. The molecule has 0 bridgehead atoms. The van der Waals surface area contributed by atoms with Gasteiger partial charge in [0.05, 0.1) is 75.0 Å². The van der Waals surface area contributed by atoms with Crippen molar-refractivity contribution < 1.29 is 73.7 Å². The molecule has 3 N–H and O–H groups in total. The highest BCUT2D eigenvalue weighted by Gasteiger charge is 2.48. The van der Waals surface area contributed by atoms with Gasteiger partial charge in [-0.1, -0.05) is 60.7 Å². The van der Waals surface area contributed by atoms with Gasteiger partial charge in [0.1, 0.15) is 18.1 Å². The van der Waals surface area contributed by atoms with Crippen molar-refractivity contribution in [2.45, 2.75) is 69.2 Å². The van der Waals surface area contributed by atoms with E-state index in [-0.39, 0.29) is 48.4 Å². The number of anilines is 1. The third-order valence-electron chi connectivity index (χ3n) is 13.4. The van der Waals surface area contributed by atoms with Crippen LogP contribution in [-0.4, -0.2) is 137 Å². The van der Waals surface area contributed by atoms with Crippen molar-refractivity contribution in [1.29, 1.82) is 0 Å². The standard InChI is InChI=1S/C56H67N3O15S2/c1-40-39-55(2,3)58(26-27-70-30-31-72-33-32-71-29-28-68-5)48-38-50-45(37-44(40)48)42(35-49(73-50)41-15-9-7-10-16-41)17-11-8-12-18-51-56(4,24-13-19-54(62)74-59-52(60)22-23-53(59)61)46-36-43(76(65,66)67)20-21-47(46)57(51)25-14-34-75(63,64)69-6/h7-12,15-18,20-23,35-39H,13-14,19,24-34H2,1-6H3,(H2-,60,61,65,66,67)/p+1. The number of allylic oxidation sites excluding steroid dienone is 8. The lowest BCUT2D eigenvalue weighted by molar-refractivity contribution is -0.437. The second kappa shape index (κ2) is 25.2. The Labute approximate surface area is 445 Å². The van der Waals surface area contributed by atoms with Gasteiger partial charge in [0.25, 0.3) is 20.2 Å². The Balaban J connectivity index is 1.18. The third kappa shape index (κ3) is 14.0. The van der Waals surface area contributed by atoms with Crippen molar-refractivity contribution in [3.05, 3.63) is 138 Å². The number of carbonyl (C=O) groups excluding carboxylic acids is 1. The molecular weight excluding hydrogens is 1020 g/mol. The Morgan fingerprint density at radius 1 is 0.803 bits per heavy atom. The lowest BCUT2D eigenvalue weighted by atomic mass is 9.75. The maximum absolute atomic E-state index is 13.0. The molecule has 4 aromatic rings. The molecule has 76 heavy (non-hydrogen) atoms. The molecule has 4 heterocycles. The number of aromatic nitrogens is 1. The number of rotatable bonds is 27. The van der Waals surface area contributed by atoms with Crippen molar-refractivity contribution in [2.75, 3.05) is 84.2 Å². The van der Waals surface area contributed by atoms with Crippen LogP contribution in [0.15, 0.2) is 120 Å². The van der Waals surface area contributed by atoms with Crippen LogP contribution in [0.3, 0.4) is 0 Å². The van der Waals surface area contributed by atoms with Crippen LogP contribution in [0.2, 0.25) is 0 Å². The summed E-state index contributed by atoms with van der Waals surface area (Å²) in [5.74, 6) is -0.638. The number of aromatic hydroxyl groups is 2. The van der Waals surface area contributed by atoms with E-state index in [1.807, 2.05) is 78.3 Å². The highest BCUT2D eigenvalue weighted by molar-refractivity contribution is 7.86. The van der Waals surface area contributed by atoms with E-state index in [0.29, 0.717) is 86.0 Å². The van der Waals surface area contributed by atoms with Crippen LogP contribution < -0.4 is 14.5 Å². The topological polar surface area (TPSA) is 222 Å². The van der Waals surface area contributed by atoms with Crippen molar-refractivity contribution >= 4 is 60.2 Å². The molecule has 3 aliphatic heterocycles. The minimum atomic E-state index is -4.64. The molecule has 0 amide bonds. The molecule has 18 nitrogen and oxygen atoms in total. The molecule has 3 aliphatic rings. The smallest absolute Gasteiger partial charge is 0.333 e. The average molecular weight is 1090 g/mol. The van der Waals surface area contributed by atoms with Gasteiger partial charge in [-0.25, -0.2) is 4.79 Å². The SMILES string of the molecule is COCCOCCOCCOCCN1c2cc3c(cc2C(C)=CC1(C)C)C(=CC=CC=CC1=[N+](CCCS(=O)(=O)OC)c2ccc(S(=O)(=O)O)cc2C1(C)CCCC(=O)On1c(O)ccc1O)C=C(c1ccccc1)O3. The molecule has 1 atom stereocenters. The zero-order chi connectivity index (χ0) is 54.7. The summed E-state index contributed by atoms with van der Waals surface area (Å²) in [5.41, 5.74) is 6.32. The number of methoxy groups -OCH3 is 1. The van der Waals surface area contributed by atoms with Crippen LogP contribution in [0, 0.1) is 0 Å². The molecule has 0 aliphatic carbocycles. The molecule has 20 heteroatoms. The number of hydrogen-bond donors (Lipinski definition) is 3. The summed E-state index contributed by atoms with van der Waals surface area (Å²) < 4.78 is 96.2. The number of fused-ring (bicyclic) bond motifs is 3. The molecule has 1 unspecified atom stereocenters. The van der Waals surface area contributed by atoms with Crippen LogP contribution in [0.4, 0.5) is 11.4 Å². The van der Waals surface area contributed by atoms with Crippen LogP contribution in [0.5, 0.6) is 17.5 Å². The Bertz CT molecular complexity index is 3140. The highest BCUT2D eigenvalue weighted by atomic mass is 32.2. The van der Waals surface area contributed by atoms with Gasteiger partial charge in [0.2, 0.25) is 17.4 Å². The first-order valence-electron chi connectivity index (χ1n) is 25.0. The summed E-state index contributed by atoms with van der Waals surface area (Å²) in [5, 5.41) is 20.1. The van der Waals surface area contributed by atoms with E-state index < -0.39 is 43.4 Å². The second-order valence-corrected chi connectivity index (χ2v) is 22.4. The molecule has 0 saturated carbocycles. The molecule has 0 radical (unpaired) electrons. The van der Waals surface area contributed by atoms with Crippen LogP contribution in [0.25, 0.3) is 16.9 Å². The summed E-state index contributed by atoms with van der Waals surface area (Å²) in [6.07, 6.45) is 14.2. The molecule has 0 saturated heterocycles. The van der Waals surface area contributed by atoms with Crippen molar-refractivity contribution in [3.63, 3.8) is 0 Å². The van der Waals surface area contributed by atoms with Gasteiger partial charge >= 0.3 is 5.97 Å². The minimum Gasteiger partial charge on any atom is -0.492 e. The van der Waals surface area contributed by atoms with Crippen LogP contribution >= 0.6 is 0 Å². The van der Waals surface area contributed by atoms with E-state index in [1.54, 1.807) is 13.2 Å². The Kier molecular flexibility index (Phi) is 19.0. The normalized spacial score (nSPS) is 17.7. The maximum Gasteiger partial charge on any atom is 0.333 e. The summed E-state index contributed by atoms with van der Waals surface area (Å²) in [4.78, 5) is 20.2. The van der Waals surface area contributed by atoms with Crippen LogP contribution in [0.1, 0.15) is 75.6 Å². The van der Waals surface area contributed by atoms with Crippen LogP contribution in [-0.2, 0) is 53.6 Å². The highest BCUT2D eigenvalue weighted by Crippen LogP contribution is 2.47. The van der Waals surface area contributed by atoms with E-state index in [2.05, 4.69) is 43.9 Å². The molecule has 3 aromatic carbocycles. The third-order valence-corrected chi connectivity index (χ3v) is 15.6. The summed E-state index contributed by atoms with van der Waals surface area (Å²) in [6.45, 7) is 12.6. The van der Waals surface area contributed by atoms with Crippen molar-refractivity contribution in [1.82, 2.24) is 4.73 Å². The zero-order valence-corrected chi connectivity index (χ0v) is 45.4. The molecule has 408 valence electrons. The van der Waals surface area contributed by atoms with Crippen molar-refractivity contribution in [2.24, 2.45) is 0 Å². The molecule has 7 rings (SSSR count). The van der Waals surface area contributed by atoms with E-state index in [0.717, 1.165) is 40.6 Å². The number of carbonyl (C=O) groups is 1. The average Bonchev–Trinajstić information content (AvgIpc) is 3.87. The molecule has 0 fully saturated rings. The first-order valence-corrected chi connectivity index (χ1v) is 28.0. The number of benzene rings is 3. The van der Waals surface area contributed by atoms with Gasteiger partial charge in [-0.05, 0) is 76.0 Å². The quantitative estimate of drug-likeness (QED) is 0.0169. The van der Waals surface area contributed by atoms with E-state index in [9.17, 15) is 36.4 Å². The Morgan fingerprint density at radius 2 is 1.49 bits per heavy atom. The van der Waals surface area contributed by atoms with Gasteiger partial charge in [-0.15, -0.1) is 4.73 Å². The predicted molar refractivity (Wildman–Crippen MR) is 289 cm³/mol. The summed E-state index contributed by atoms with van der Waals surface area (Å²) in [6, 6.07) is 20.7. The fraction of sp³-hybridized carbons (Fsp3) is 0.393. The fourth-order valence-electron chi connectivity index (χ4n) is 9.69. The second-order valence-electron chi connectivity index (χ2n) is 19.1. The largest absolute Gasteiger partial charge is 0.492 e. The van der Waals surface area contributed by atoms with E-state index >= 15 is 0 Å². The van der Waals surface area contributed by atoms with Gasteiger partial charge in [0.15, 0.2) is 5.71 Å². The molecule has 0 spiro atoms. The first-order chi connectivity index (χ1) is 36.3. The lowest BCUT2D eigenvalue weighted by Crippen LogP contribution is -2.46. The first kappa shape index (κ1) is 57.3. The monoisotopic (exact) mass is 1090 g/mol. The Morgan fingerprint density at radius 3 is 2.16 bits per heavy atom. The van der Waals surface area contributed by atoms with Gasteiger partial charge < -0.3 is 43.6 Å².